The fourth-order valence-corrected chi connectivity index (χ4v) is 5.53. The molecule has 7 heteroatoms. The van der Waals surface area contributed by atoms with Crippen LogP contribution in [0.25, 0.3) is 0 Å². The number of carbonyl (C=O) groups is 2. The molecular formula is C25H31FN2O3S. The number of nitrogens with zero attached hydrogens (tertiary/aromatic N) is 2. The maximum Gasteiger partial charge on any atom is 0.290 e. The molecule has 0 aliphatic carbocycles. The summed E-state index contributed by atoms with van der Waals surface area (Å²) in [6.07, 6.45) is 4.11. The van der Waals surface area contributed by atoms with Gasteiger partial charge in [0.1, 0.15) is 5.82 Å². The number of rotatable bonds is 7. The normalized spacial score (nSPS) is 22.2. The molecule has 2 aromatic rings. The van der Waals surface area contributed by atoms with Crippen molar-refractivity contribution in [2.24, 2.45) is 11.3 Å². The third kappa shape index (κ3) is 6.11. The Morgan fingerprint density at radius 1 is 1.16 bits per heavy atom. The Morgan fingerprint density at radius 3 is 2.56 bits per heavy atom. The third-order valence-electron chi connectivity index (χ3n) is 6.50. The molecular weight excluding hydrogens is 427 g/mol. The van der Waals surface area contributed by atoms with Gasteiger partial charge in [0.2, 0.25) is 5.91 Å². The summed E-state index contributed by atoms with van der Waals surface area (Å²) in [5, 5.41) is 6.89. The largest absolute Gasteiger partial charge is 0.483 e. The number of hydrogen-bond acceptors (Lipinski definition) is 4. The van der Waals surface area contributed by atoms with Gasteiger partial charge in [0.25, 0.3) is 6.47 Å². The lowest BCUT2D eigenvalue weighted by Gasteiger charge is -2.30. The zero-order chi connectivity index (χ0) is 23.0. The number of likely N-dealkylation sites (tertiary alicyclic amines) is 2. The van der Waals surface area contributed by atoms with E-state index in [4.69, 9.17) is 9.90 Å². The number of halogens is 1. The smallest absolute Gasteiger partial charge is 0.290 e. The maximum absolute atomic E-state index is 13.6. The molecule has 4 rings (SSSR count). The average molecular weight is 459 g/mol. The van der Waals surface area contributed by atoms with E-state index in [2.05, 4.69) is 40.1 Å². The first-order valence-electron chi connectivity index (χ1n) is 10.8. The Labute approximate surface area is 193 Å². The molecule has 0 saturated carbocycles. The molecule has 2 saturated heterocycles. The van der Waals surface area contributed by atoms with E-state index >= 15 is 0 Å². The lowest BCUT2D eigenvalue weighted by Crippen LogP contribution is -2.37. The van der Waals surface area contributed by atoms with E-state index < -0.39 is 0 Å². The second kappa shape index (κ2) is 11.5. The average Bonchev–Trinajstić information content (AvgIpc) is 3.28. The van der Waals surface area contributed by atoms with Crippen molar-refractivity contribution >= 4 is 24.1 Å². The van der Waals surface area contributed by atoms with E-state index in [9.17, 15) is 9.18 Å². The molecule has 1 amide bonds. The minimum Gasteiger partial charge on any atom is -0.483 e. The van der Waals surface area contributed by atoms with Gasteiger partial charge in [-0.15, -0.1) is 0 Å². The molecule has 2 aliphatic heterocycles. The van der Waals surface area contributed by atoms with Crippen molar-refractivity contribution in [3.8, 4) is 0 Å². The van der Waals surface area contributed by atoms with Gasteiger partial charge in [0.05, 0.1) is 5.75 Å². The van der Waals surface area contributed by atoms with Crippen molar-refractivity contribution in [1.29, 1.82) is 0 Å². The zero-order valence-electron chi connectivity index (χ0n) is 18.5. The molecule has 5 nitrogen and oxygen atoms in total. The summed E-state index contributed by atoms with van der Waals surface area (Å²) in [5.41, 5.74) is 2.52. The summed E-state index contributed by atoms with van der Waals surface area (Å²) in [4.78, 5) is 25.5. The van der Waals surface area contributed by atoms with Crippen LogP contribution in [0.5, 0.6) is 0 Å². The summed E-state index contributed by atoms with van der Waals surface area (Å²) in [7, 11) is 0. The Morgan fingerprint density at radius 2 is 1.88 bits per heavy atom. The number of carbonyl (C=O) groups excluding carboxylic acids is 1. The number of carboxylic acid groups (broad SMARTS) is 1. The summed E-state index contributed by atoms with van der Waals surface area (Å²) in [5.74, 6) is 1.15. The predicted molar refractivity (Wildman–Crippen MR) is 126 cm³/mol. The van der Waals surface area contributed by atoms with Crippen LogP contribution in [0.2, 0.25) is 0 Å². The first-order valence-corrected chi connectivity index (χ1v) is 12.2. The Bertz CT molecular complexity index is 898. The van der Waals surface area contributed by atoms with Crippen LogP contribution in [0.1, 0.15) is 17.5 Å². The topological polar surface area (TPSA) is 60.9 Å². The Balaban J connectivity index is 0.000000913. The van der Waals surface area contributed by atoms with Gasteiger partial charge in [0.15, 0.2) is 0 Å². The van der Waals surface area contributed by atoms with Gasteiger partial charge in [0, 0.05) is 38.1 Å². The minimum absolute atomic E-state index is 0.136. The lowest BCUT2D eigenvalue weighted by atomic mass is 9.76. The highest BCUT2D eigenvalue weighted by molar-refractivity contribution is 7.99. The molecule has 172 valence electrons. The van der Waals surface area contributed by atoms with Crippen molar-refractivity contribution in [2.45, 2.75) is 19.4 Å². The van der Waals surface area contributed by atoms with Gasteiger partial charge in [-0.1, -0.05) is 42.5 Å². The fraction of sp³-hybridized carbons (Fsp3) is 0.440. The standard InChI is InChI=1S/C24H29FN2OS.CH2O2/c1-29-16-23(28)27-15-21-14-26(13-20-8-5-9-22(25)12-20)17-24(21,18-27)11-10-19-6-3-2-4-7-19;2-1-3/h2-9,12,21H,10-11,13-18H2,1H3;1H,(H,2,3). The molecule has 0 spiro atoms. The monoisotopic (exact) mass is 458 g/mol. The molecule has 1 N–H and O–H groups in total. The molecule has 2 unspecified atom stereocenters. The van der Waals surface area contributed by atoms with Crippen LogP contribution in [0, 0.1) is 17.2 Å². The second-order valence-corrected chi connectivity index (χ2v) is 9.52. The quantitative estimate of drug-likeness (QED) is 0.640. The van der Waals surface area contributed by atoms with Crippen molar-refractivity contribution in [2.75, 3.05) is 38.2 Å². The van der Waals surface area contributed by atoms with Gasteiger partial charge in [-0.05, 0) is 48.3 Å². The lowest BCUT2D eigenvalue weighted by molar-refractivity contribution is -0.128. The number of fused-ring (bicyclic) bond motifs is 1. The van der Waals surface area contributed by atoms with Gasteiger partial charge < -0.3 is 10.0 Å². The number of benzene rings is 2. The van der Waals surface area contributed by atoms with E-state index in [0.29, 0.717) is 11.7 Å². The maximum atomic E-state index is 13.6. The van der Waals surface area contributed by atoms with Crippen LogP contribution in [0.3, 0.4) is 0 Å². The molecule has 0 radical (unpaired) electrons. The Kier molecular flexibility index (Phi) is 8.70. The summed E-state index contributed by atoms with van der Waals surface area (Å²) >= 11 is 1.60. The van der Waals surface area contributed by atoms with Gasteiger partial charge in [-0.25, -0.2) is 4.39 Å². The predicted octanol–water partition coefficient (Wildman–Crippen LogP) is 3.78. The van der Waals surface area contributed by atoms with Gasteiger partial charge >= 0.3 is 0 Å². The summed E-state index contributed by atoms with van der Waals surface area (Å²) < 4.78 is 13.6. The van der Waals surface area contributed by atoms with Crippen LogP contribution in [-0.2, 0) is 22.6 Å². The molecule has 2 aliphatic rings. The van der Waals surface area contributed by atoms with Crippen molar-refractivity contribution in [3.63, 3.8) is 0 Å². The van der Waals surface area contributed by atoms with Crippen LogP contribution in [-0.4, -0.2) is 65.5 Å². The molecule has 2 heterocycles. The highest BCUT2D eigenvalue weighted by Crippen LogP contribution is 2.46. The van der Waals surface area contributed by atoms with Crippen molar-refractivity contribution in [3.05, 3.63) is 71.5 Å². The molecule has 0 bridgehead atoms. The first kappa shape index (κ1) is 24.3. The van der Waals surface area contributed by atoms with Crippen LogP contribution in [0.4, 0.5) is 4.39 Å². The van der Waals surface area contributed by atoms with Crippen LogP contribution in [0.15, 0.2) is 54.6 Å². The molecule has 0 aromatic heterocycles. The highest BCUT2D eigenvalue weighted by Gasteiger charge is 2.52. The highest BCUT2D eigenvalue weighted by atomic mass is 32.2. The van der Waals surface area contributed by atoms with Gasteiger partial charge in [-0.3, -0.25) is 14.5 Å². The van der Waals surface area contributed by atoms with Gasteiger partial charge in [-0.2, -0.15) is 11.8 Å². The van der Waals surface area contributed by atoms with E-state index in [1.54, 1.807) is 23.9 Å². The SMILES string of the molecule is CSCC(=O)N1CC2CN(Cc3cccc(F)c3)CC2(CCc2ccccc2)C1.O=CO. The zero-order valence-corrected chi connectivity index (χ0v) is 19.3. The van der Waals surface area contributed by atoms with Crippen molar-refractivity contribution < 1.29 is 19.1 Å². The minimum atomic E-state index is -0.250. The van der Waals surface area contributed by atoms with E-state index in [-0.39, 0.29) is 23.6 Å². The van der Waals surface area contributed by atoms with Crippen molar-refractivity contribution in [1.82, 2.24) is 9.80 Å². The van der Waals surface area contributed by atoms with E-state index in [1.807, 2.05) is 12.3 Å². The second-order valence-electron chi connectivity index (χ2n) is 8.66. The number of amides is 1. The van der Waals surface area contributed by atoms with Crippen LogP contribution >= 0.6 is 11.8 Å². The molecule has 2 fully saturated rings. The molecule has 2 atom stereocenters. The Hall–Kier alpha value is -2.38. The van der Waals surface area contributed by atoms with Crippen LogP contribution < -0.4 is 0 Å². The fourth-order valence-electron chi connectivity index (χ4n) is 5.10. The van der Waals surface area contributed by atoms with E-state index in [1.165, 1.54) is 11.6 Å². The van der Waals surface area contributed by atoms with E-state index in [0.717, 1.165) is 51.1 Å². The summed E-state index contributed by atoms with van der Waals surface area (Å²) in [6, 6.07) is 17.6. The molecule has 32 heavy (non-hydrogen) atoms. The first-order chi connectivity index (χ1) is 15.5. The third-order valence-corrected chi connectivity index (χ3v) is 7.04. The molecule has 2 aromatic carbocycles. The number of thioether (sulfide) groups is 1. The summed E-state index contributed by atoms with van der Waals surface area (Å²) in [6.45, 7) is 4.19. The number of hydrogen-bond donors (Lipinski definition) is 1. The number of aryl methyl sites for hydroxylation is 1.